The fraction of sp³-hybridized carbons (Fsp3) is 0.600. The second-order valence-electron chi connectivity index (χ2n) is 10.4. The second kappa shape index (κ2) is 7.79. The van der Waals surface area contributed by atoms with Crippen molar-refractivity contribution < 1.29 is 14.4 Å². The van der Waals surface area contributed by atoms with Gasteiger partial charge in [-0.05, 0) is 61.3 Å². The maximum Gasteiger partial charge on any atom is 0.251 e. The number of nitrogens with one attached hydrogen (secondary N) is 1. The molecule has 6 rings (SSSR count). The van der Waals surface area contributed by atoms with Gasteiger partial charge in [-0.15, -0.1) is 0 Å². The summed E-state index contributed by atoms with van der Waals surface area (Å²) < 4.78 is 0. The molecule has 3 amide bonds. The standard InChI is InChI=1S/C25H30N6O3/c1-28-23(32)14-2-4-18-13(6-14)3-5-20(18)31-17-9-22(25(31)34)29(11-17)12-19(27)24(33)30-16(10-26)7-15-8-21(15)30/h2,4,6,15-17,19-22H,3,5,7-9,11-12,27H2,1H3,(H,28,32)/t15?,16?,17-,19?,20?,21?,22?/m0/s1. The number of nitriles is 1. The van der Waals surface area contributed by atoms with Crippen molar-refractivity contribution >= 4 is 17.7 Å². The molecule has 3 aliphatic heterocycles. The third kappa shape index (κ3) is 3.16. The Hall–Kier alpha value is -2.96. The normalized spacial score (nSPS) is 34.1. The number of nitrogens with two attached hydrogens (primary N) is 1. The molecule has 7 atom stereocenters. The summed E-state index contributed by atoms with van der Waals surface area (Å²) in [4.78, 5) is 44.2. The predicted molar refractivity (Wildman–Crippen MR) is 122 cm³/mol. The molecule has 3 saturated heterocycles. The van der Waals surface area contributed by atoms with E-state index in [9.17, 15) is 19.6 Å². The minimum Gasteiger partial charge on any atom is -0.355 e. The van der Waals surface area contributed by atoms with Crippen LogP contribution in [0.25, 0.3) is 0 Å². The summed E-state index contributed by atoms with van der Waals surface area (Å²) in [5, 5.41) is 12.1. The Labute approximate surface area is 198 Å². The Morgan fingerprint density at radius 2 is 2.09 bits per heavy atom. The van der Waals surface area contributed by atoms with Crippen molar-refractivity contribution in [1.82, 2.24) is 20.0 Å². The van der Waals surface area contributed by atoms with Gasteiger partial charge in [0.2, 0.25) is 11.8 Å². The number of piperidine rings is 1. The molecule has 1 aromatic carbocycles. The molecular formula is C25H30N6O3. The van der Waals surface area contributed by atoms with E-state index in [0.29, 0.717) is 24.6 Å². The fourth-order valence-electron chi connectivity index (χ4n) is 6.88. The number of carbonyl (C=O) groups is 3. The molecule has 3 N–H and O–H groups in total. The number of carbonyl (C=O) groups excluding carboxylic acids is 3. The number of hydrogen-bond acceptors (Lipinski definition) is 6. The first-order valence-corrected chi connectivity index (χ1v) is 12.3. The molecule has 9 heteroatoms. The van der Waals surface area contributed by atoms with Gasteiger partial charge in [0.05, 0.1) is 24.2 Å². The smallest absolute Gasteiger partial charge is 0.251 e. The van der Waals surface area contributed by atoms with Gasteiger partial charge in [0.25, 0.3) is 5.91 Å². The molecule has 6 unspecified atom stereocenters. The van der Waals surface area contributed by atoms with Crippen LogP contribution in [0, 0.1) is 17.2 Å². The number of nitrogens with zero attached hydrogens (tertiary/aromatic N) is 4. The van der Waals surface area contributed by atoms with E-state index >= 15 is 0 Å². The Morgan fingerprint density at radius 3 is 2.82 bits per heavy atom. The van der Waals surface area contributed by atoms with Gasteiger partial charge in [0.15, 0.2) is 0 Å². The quantitative estimate of drug-likeness (QED) is 0.643. The number of rotatable bonds is 5. The van der Waals surface area contributed by atoms with Crippen molar-refractivity contribution in [2.24, 2.45) is 11.7 Å². The molecule has 2 aliphatic carbocycles. The summed E-state index contributed by atoms with van der Waals surface area (Å²) in [5.41, 5.74) is 9.25. The Bertz CT molecular complexity index is 1110. The van der Waals surface area contributed by atoms with Gasteiger partial charge in [0, 0.05) is 37.8 Å². The maximum absolute atomic E-state index is 13.4. The lowest BCUT2D eigenvalue weighted by Gasteiger charge is -2.38. The number of benzene rings is 1. The molecule has 0 radical (unpaired) electrons. The van der Waals surface area contributed by atoms with Crippen molar-refractivity contribution in [3.63, 3.8) is 0 Å². The molecule has 4 fully saturated rings. The van der Waals surface area contributed by atoms with Crippen molar-refractivity contribution in [3.8, 4) is 6.07 Å². The predicted octanol–water partition coefficient (Wildman–Crippen LogP) is 0.159. The third-order valence-electron chi connectivity index (χ3n) is 8.58. The topological polar surface area (TPSA) is 123 Å². The van der Waals surface area contributed by atoms with Crippen LogP contribution in [-0.2, 0) is 16.0 Å². The first-order valence-electron chi connectivity index (χ1n) is 12.3. The van der Waals surface area contributed by atoms with Crippen LogP contribution in [0.15, 0.2) is 18.2 Å². The SMILES string of the molecule is CNC(=O)c1ccc2c(c1)CCC2N1C(=O)C2C[C@H]1CN2CC(N)C(=O)N1C(C#N)CC2CC21. The molecule has 9 nitrogen and oxygen atoms in total. The number of aryl methyl sites for hydroxylation is 1. The van der Waals surface area contributed by atoms with Gasteiger partial charge >= 0.3 is 0 Å². The van der Waals surface area contributed by atoms with E-state index in [1.165, 1.54) is 0 Å². The van der Waals surface area contributed by atoms with Crippen molar-refractivity contribution in [1.29, 1.82) is 5.26 Å². The highest BCUT2D eigenvalue weighted by molar-refractivity contribution is 5.94. The van der Waals surface area contributed by atoms with E-state index in [4.69, 9.17) is 5.73 Å². The number of amides is 3. The van der Waals surface area contributed by atoms with E-state index in [2.05, 4.69) is 16.3 Å². The molecule has 178 valence electrons. The molecule has 2 bridgehead atoms. The number of fused-ring (bicyclic) bond motifs is 4. The van der Waals surface area contributed by atoms with Gasteiger partial charge in [-0.1, -0.05) is 6.07 Å². The zero-order valence-electron chi connectivity index (χ0n) is 19.3. The van der Waals surface area contributed by atoms with Crippen LogP contribution in [0.4, 0.5) is 0 Å². The van der Waals surface area contributed by atoms with Gasteiger partial charge in [-0.2, -0.15) is 5.26 Å². The molecule has 34 heavy (non-hydrogen) atoms. The van der Waals surface area contributed by atoms with E-state index in [0.717, 1.165) is 43.2 Å². The molecule has 3 heterocycles. The zero-order chi connectivity index (χ0) is 23.7. The van der Waals surface area contributed by atoms with Gasteiger partial charge < -0.3 is 20.9 Å². The van der Waals surface area contributed by atoms with Crippen LogP contribution in [-0.4, -0.2) is 82.8 Å². The minimum atomic E-state index is -0.717. The number of piperazine rings is 1. The molecule has 0 spiro atoms. The van der Waals surface area contributed by atoms with E-state index in [1.54, 1.807) is 11.9 Å². The lowest BCUT2D eigenvalue weighted by molar-refractivity contribution is -0.141. The van der Waals surface area contributed by atoms with Gasteiger partial charge in [-0.25, -0.2) is 0 Å². The van der Waals surface area contributed by atoms with Crippen LogP contribution in [0.3, 0.4) is 0 Å². The largest absolute Gasteiger partial charge is 0.355 e. The molecular weight excluding hydrogens is 432 g/mol. The lowest BCUT2D eigenvalue weighted by Crippen LogP contribution is -2.57. The van der Waals surface area contributed by atoms with Crippen LogP contribution in [0.5, 0.6) is 0 Å². The van der Waals surface area contributed by atoms with E-state index < -0.39 is 6.04 Å². The first kappa shape index (κ1) is 21.6. The zero-order valence-corrected chi connectivity index (χ0v) is 19.3. The number of likely N-dealkylation sites (tertiary alicyclic amines) is 3. The average molecular weight is 463 g/mol. The van der Waals surface area contributed by atoms with Crippen molar-refractivity contribution in [3.05, 3.63) is 34.9 Å². The van der Waals surface area contributed by atoms with Crippen LogP contribution in [0.2, 0.25) is 0 Å². The van der Waals surface area contributed by atoms with E-state index in [-0.39, 0.29) is 47.9 Å². The van der Waals surface area contributed by atoms with Crippen LogP contribution >= 0.6 is 0 Å². The highest BCUT2D eigenvalue weighted by Crippen LogP contribution is 2.48. The average Bonchev–Trinajstić information content (AvgIpc) is 3.18. The van der Waals surface area contributed by atoms with Gasteiger partial charge in [-0.3, -0.25) is 19.3 Å². The summed E-state index contributed by atoms with van der Waals surface area (Å²) in [7, 11) is 1.62. The van der Waals surface area contributed by atoms with Crippen molar-refractivity contribution in [2.75, 3.05) is 20.1 Å². The Balaban J connectivity index is 1.12. The molecule has 0 aromatic heterocycles. The first-order chi connectivity index (χ1) is 16.4. The van der Waals surface area contributed by atoms with Crippen LogP contribution < -0.4 is 11.1 Å². The third-order valence-corrected chi connectivity index (χ3v) is 8.58. The Morgan fingerprint density at radius 1 is 1.26 bits per heavy atom. The van der Waals surface area contributed by atoms with Crippen LogP contribution in [0.1, 0.15) is 53.2 Å². The second-order valence-corrected chi connectivity index (χ2v) is 10.4. The van der Waals surface area contributed by atoms with E-state index in [1.807, 2.05) is 23.1 Å². The number of hydrogen-bond donors (Lipinski definition) is 2. The fourth-order valence-corrected chi connectivity index (χ4v) is 6.88. The summed E-state index contributed by atoms with van der Waals surface area (Å²) in [5.74, 6) is 0.319. The lowest BCUT2D eigenvalue weighted by atomic mass is 10.0. The maximum atomic E-state index is 13.4. The highest BCUT2D eigenvalue weighted by Gasteiger charge is 2.56. The summed E-state index contributed by atoms with van der Waals surface area (Å²) in [6.07, 6.45) is 4.22. The van der Waals surface area contributed by atoms with Gasteiger partial charge in [0.1, 0.15) is 6.04 Å². The Kier molecular flexibility index (Phi) is 4.94. The highest BCUT2D eigenvalue weighted by atomic mass is 16.2. The summed E-state index contributed by atoms with van der Waals surface area (Å²) >= 11 is 0. The summed E-state index contributed by atoms with van der Waals surface area (Å²) in [6.45, 7) is 1.07. The minimum absolute atomic E-state index is 0.0430. The van der Waals surface area contributed by atoms with Crippen molar-refractivity contribution in [2.45, 2.75) is 68.4 Å². The molecule has 1 aromatic rings. The monoisotopic (exact) mass is 462 g/mol. The molecule has 1 saturated carbocycles. The summed E-state index contributed by atoms with van der Waals surface area (Å²) in [6, 6.07) is 7.05. The molecule has 5 aliphatic rings.